The fourth-order valence-corrected chi connectivity index (χ4v) is 4.21. The number of nitrogens with zero attached hydrogens (tertiary/aromatic N) is 1. The van der Waals surface area contributed by atoms with Crippen LogP contribution in [0.2, 0.25) is 0 Å². The Morgan fingerprint density at radius 2 is 1.75 bits per heavy atom. The molecule has 7 nitrogen and oxygen atoms in total. The Balaban J connectivity index is 1.32. The number of hydrogen-bond donors (Lipinski definition) is 1. The van der Waals surface area contributed by atoms with Crippen molar-refractivity contribution in [2.24, 2.45) is 11.8 Å². The zero-order valence-electron chi connectivity index (χ0n) is 14.6. The van der Waals surface area contributed by atoms with Crippen LogP contribution in [-0.2, 0) is 25.2 Å². The molecule has 4 rings (SSSR count). The average Bonchev–Trinajstić information content (AvgIpc) is 3.31. The smallest absolute Gasteiger partial charge is 0.418 e. The number of amides is 3. The molecule has 1 aromatic carbocycles. The lowest BCUT2D eigenvalue weighted by atomic mass is 9.81. The Labute approximate surface area is 157 Å². The van der Waals surface area contributed by atoms with Gasteiger partial charge in [0.1, 0.15) is 6.61 Å². The summed E-state index contributed by atoms with van der Waals surface area (Å²) < 4.78 is 49.3. The summed E-state index contributed by atoms with van der Waals surface area (Å²) in [4.78, 5) is 37.8. The lowest BCUT2D eigenvalue weighted by molar-refractivity contribution is -0.143. The number of carbonyl (C=O) groups is 3. The van der Waals surface area contributed by atoms with Crippen LogP contribution < -0.4 is 5.32 Å². The highest BCUT2D eigenvalue weighted by molar-refractivity contribution is 6.06. The number of ether oxygens (including phenoxy) is 2. The predicted molar refractivity (Wildman–Crippen MR) is 88.0 cm³/mol. The average molecular weight is 398 g/mol. The molecule has 3 fully saturated rings. The van der Waals surface area contributed by atoms with Gasteiger partial charge in [0.25, 0.3) is 0 Å². The van der Waals surface area contributed by atoms with Crippen molar-refractivity contribution in [2.75, 3.05) is 18.5 Å². The molecule has 1 N–H and O–H groups in total. The highest BCUT2D eigenvalue weighted by atomic mass is 19.4. The van der Waals surface area contributed by atoms with Gasteiger partial charge in [0.15, 0.2) is 0 Å². The van der Waals surface area contributed by atoms with Gasteiger partial charge in [-0.1, -0.05) is 12.1 Å². The molecule has 3 amide bonds. The quantitative estimate of drug-likeness (QED) is 0.788. The molecule has 2 bridgehead atoms. The monoisotopic (exact) mass is 398 g/mol. The minimum absolute atomic E-state index is 0.140. The SMILES string of the molecule is O=C(Nc1ccccc1C(F)(F)F)OCCN1C(=O)C2C3CCC(O3)C2C1=O. The molecule has 0 aromatic heterocycles. The number of carbonyl (C=O) groups excluding carboxylic acids is 3. The normalized spacial score (nSPS) is 28.6. The van der Waals surface area contributed by atoms with E-state index in [1.54, 1.807) is 0 Å². The van der Waals surface area contributed by atoms with Crippen molar-refractivity contribution in [3.63, 3.8) is 0 Å². The van der Waals surface area contributed by atoms with E-state index in [0.29, 0.717) is 0 Å². The molecule has 3 saturated heterocycles. The highest BCUT2D eigenvalue weighted by Gasteiger charge is 2.62. The van der Waals surface area contributed by atoms with Crippen molar-refractivity contribution < 1.29 is 37.0 Å². The maximum atomic E-state index is 12.9. The van der Waals surface area contributed by atoms with Gasteiger partial charge >= 0.3 is 12.3 Å². The fourth-order valence-electron chi connectivity index (χ4n) is 4.21. The van der Waals surface area contributed by atoms with Gasteiger partial charge in [-0.15, -0.1) is 0 Å². The number of nitrogens with one attached hydrogen (secondary N) is 1. The topological polar surface area (TPSA) is 84.9 Å². The second-order valence-electron chi connectivity index (χ2n) is 6.97. The van der Waals surface area contributed by atoms with Gasteiger partial charge in [-0.3, -0.25) is 19.8 Å². The van der Waals surface area contributed by atoms with Crippen molar-refractivity contribution in [1.29, 1.82) is 0 Å². The molecular weight excluding hydrogens is 381 g/mol. The molecule has 4 atom stereocenters. The Hall–Kier alpha value is -2.62. The molecule has 3 heterocycles. The van der Waals surface area contributed by atoms with E-state index in [9.17, 15) is 27.6 Å². The van der Waals surface area contributed by atoms with E-state index in [-0.39, 0.29) is 37.2 Å². The second kappa shape index (κ2) is 6.77. The lowest BCUT2D eigenvalue weighted by Gasteiger charge is -2.18. The molecule has 4 unspecified atom stereocenters. The Morgan fingerprint density at radius 3 is 2.36 bits per heavy atom. The minimum atomic E-state index is -4.63. The van der Waals surface area contributed by atoms with Gasteiger partial charge in [0.2, 0.25) is 11.8 Å². The van der Waals surface area contributed by atoms with Crippen molar-refractivity contribution in [3.8, 4) is 0 Å². The number of para-hydroxylation sites is 1. The van der Waals surface area contributed by atoms with Gasteiger partial charge in [-0.05, 0) is 25.0 Å². The first kappa shape index (κ1) is 18.7. The Kier molecular flexibility index (Phi) is 4.53. The molecule has 3 aliphatic rings. The number of fused-ring (bicyclic) bond motifs is 5. The largest absolute Gasteiger partial charge is 0.447 e. The fraction of sp³-hybridized carbons (Fsp3) is 0.500. The maximum Gasteiger partial charge on any atom is 0.418 e. The number of imide groups is 1. The van der Waals surface area contributed by atoms with E-state index in [1.165, 1.54) is 12.1 Å². The van der Waals surface area contributed by atoms with Crippen LogP contribution in [0.1, 0.15) is 18.4 Å². The molecule has 0 aliphatic carbocycles. The van der Waals surface area contributed by atoms with Crippen LogP contribution in [-0.4, -0.2) is 48.2 Å². The number of alkyl halides is 3. The summed E-state index contributed by atoms with van der Waals surface area (Å²) in [5.41, 5.74) is -1.43. The number of hydrogen-bond acceptors (Lipinski definition) is 5. The van der Waals surface area contributed by atoms with Crippen LogP contribution in [0.5, 0.6) is 0 Å². The van der Waals surface area contributed by atoms with Crippen molar-refractivity contribution in [3.05, 3.63) is 29.8 Å². The summed E-state index contributed by atoms with van der Waals surface area (Å²) in [6.07, 6.45) is -4.71. The van der Waals surface area contributed by atoms with E-state index < -0.39 is 35.4 Å². The first-order valence-electron chi connectivity index (χ1n) is 8.88. The van der Waals surface area contributed by atoms with Crippen LogP contribution in [0.25, 0.3) is 0 Å². The first-order chi connectivity index (χ1) is 13.3. The zero-order valence-corrected chi connectivity index (χ0v) is 14.6. The zero-order chi connectivity index (χ0) is 20.1. The number of rotatable bonds is 4. The van der Waals surface area contributed by atoms with Crippen molar-refractivity contribution >= 4 is 23.6 Å². The van der Waals surface area contributed by atoms with Gasteiger partial charge < -0.3 is 9.47 Å². The number of halogens is 3. The van der Waals surface area contributed by atoms with E-state index in [2.05, 4.69) is 0 Å². The standard InChI is InChI=1S/C18H17F3N2O5/c19-18(20,21)9-3-1-2-4-10(9)22-17(26)27-8-7-23-15(24)13-11-5-6-12(28-11)14(13)16(23)25/h1-4,11-14H,5-8H2,(H,22,26). The van der Waals surface area contributed by atoms with Gasteiger partial charge in [0, 0.05) is 0 Å². The summed E-state index contributed by atoms with van der Waals surface area (Å²) in [7, 11) is 0. The molecular formula is C18H17F3N2O5. The Bertz CT molecular complexity index is 800. The van der Waals surface area contributed by atoms with Crippen LogP contribution in [0.15, 0.2) is 24.3 Å². The van der Waals surface area contributed by atoms with E-state index in [0.717, 1.165) is 29.9 Å². The van der Waals surface area contributed by atoms with Crippen LogP contribution in [0.4, 0.5) is 23.7 Å². The lowest BCUT2D eigenvalue weighted by Crippen LogP contribution is -2.37. The molecule has 10 heteroatoms. The molecule has 28 heavy (non-hydrogen) atoms. The predicted octanol–water partition coefficient (Wildman–Crippen LogP) is 2.42. The third kappa shape index (κ3) is 3.11. The van der Waals surface area contributed by atoms with Crippen molar-refractivity contribution in [1.82, 2.24) is 4.90 Å². The molecule has 150 valence electrons. The van der Waals surface area contributed by atoms with Gasteiger partial charge in [-0.25, -0.2) is 4.79 Å². The van der Waals surface area contributed by atoms with Gasteiger partial charge in [0.05, 0.1) is 41.8 Å². The van der Waals surface area contributed by atoms with Crippen LogP contribution in [0.3, 0.4) is 0 Å². The maximum absolute atomic E-state index is 12.9. The second-order valence-corrected chi connectivity index (χ2v) is 6.97. The third-order valence-electron chi connectivity index (χ3n) is 5.39. The summed E-state index contributed by atoms with van der Waals surface area (Å²) in [6.45, 7) is -0.453. The number of anilines is 1. The number of benzene rings is 1. The van der Waals surface area contributed by atoms with Crippen LogP contribution in [0, 0.1) is 11.8 Å². The summed E-state index contributed by atoms with van der Waals surface area (Å²) in [6, 6.07) is 4.50. The van der Waals surface area contributed by atoms with Crippen LogP contribution >= 0.6 is 0 Å². The first-order valence-corrected chi connectivity index (χ1v) is 8.88. The minimum Gasteiger partial charge on any atom is -0.447 e. The summed E-state index contributed by atoms with van der Waals surface area (Å²) in [5, 5.41) is 2.04. The van der Waals surface area contributed by atoms with Crippen molar-refractivity contribution in [2.45, 2.75) is 31.2 Å². The van der Waals surface area contributed by atoms with Gasteiger partial charge in [-0.2, -0.15) is 13.2 Å². The highest BCUT2D eigenvalue weighted by Crippen LogP contribution is 2.48. The molecule has 0 spiro atoms. The molecule has 0 radical (unpaired) electrons. The molecule has 1 aromatic rings. The van der Waals surface area contributed by atoms with E-state index >= 15 is 0 Å². The molecule has 0 saturated carbocycles. The van der Waals surface area contributed by atoms with E-state index in [4.69, 9.17) is 9.47 Å². The summed E-state index contributed by atoms with van der Waals surface area (Å²) >= 11 is 0. The number of likely N-dealkylation sites (tertiary alicyclic amines) is 1. The summed E-state index contributed by atoms with van der Waals surface area (Å²) in [5.74, 6) is -1.63. The Morgan fingerprint density at radius 1 is 1.14 bits per heavy atom. The van der Waals surface area contributed by atoms with E-state index in [1.807, 2.05) is 5.32 Å². The third-order valence-corrected chi connectivity index (χ3v) is 5.39. The molecule has 3 aliphatic heterocycles.